The SMILES string of the molecule is CCCCCCCCCCCC(=O)N(CC)CCN(O)CC(=O)O.[H-].[Na+]. The maximum atomic E-state index is 12.1. The van der Waals surface area contributed by atoms with Gasteiger partial charge in [-0.1, -0.05) is 58.3 Å². The van der Waals surface area contributed by atoms with Crippen LogP contribution in [0, 0.1) is 0 Å². The molecule has 6 nitrogen and oxygen atoms in total. The molecule has 0 aliphatic heterocycles. The quantitative estimate of drug-likeness (QED) is 0.237. The summed E-state index contributed by atoms with van der Waals surface area (Å²) in [5, 5.41) is 18.7. The van der Waals surface area contributed by atoms with Crippen molar-refractivity contribution in [1.82, 2.24) is 9.96 Å². The number of carbonyl (C=O) groups excluding carboxylic acids is 1. The summed E-state index contributed by atoms with van der Waals surface area (Å²) in [5.74, 6) is -0.995. The molecule has 0 aromatic carbocycles. The van der Waals surface area contributed by atoms with E-state index < -0.39 is 12.5 Å². The second kappa shape index (κ2) is 18.6. The van der Waals surface area contributed by atoms with Crippen LogP contribution in [0.25, 0.3) is 0 Å². The standard InChI is InChI=1S/C18H36N2O4.Na.H/c1-3-5-6-7-8-9-10-11-12-13-17(21)19(4-2)14-15-20(24)16-18(22)23;;/h24H,3-16H2,1-2H3,(H,22,23);;/q;+1;-1. The molecule has 0 aromatic rings. The molecule has 0 rings (SSSR count). The zero-order chi connectivity index (χ0) is 18.2. The van der Waals surface area contributed by atoms with Crippen molar-refractivity contribution in [2.45, 2.75) is 78.1 Å². The van der Waals surface area contributed by atoms with E-state index in [2.05, 4.69) is 6.92 Å². The molecule has 25 heavy (non-hydrogen) atoms. The summed E-state index contributed by atoms with van der Waals surface area (Å²) < 4.78 is 0. The summed E-state index contributed by atoms with van der Waals surface area (Å²) in [5.41, 5.74) is 0. The van der Waals surface area contributed by atoms with Crippen molar-refractivity contribution in [2.75, 3.05) is 26.2 Å². The van der Waals surface area contributed by atoms with Crippen molar-refractivity contribution in [3.8, 4) is 0 Å². The number of hydroxylamine groups is 2. The van der Waals surface area contributed by atoms with E-state index >= 15 is 0 Å². The number of amides is 1. The Hall–Kier alpha value is -0.140. The van der Waals surface area contributed by atoms with E-state index in [1.54, 1.807) is 4.90 Å². The molecule has 0 fully saturated rings. The zero-order valence-corrected chi connectivity index (χ0v) is 18.5. The van der Waals surface area contributed by atoms with E-state index in [-0.39, 0.29) is 43.4 Å². The summed E-state index contributed by atoms with van der Waals surface area (Å²) in [4.78, 5) is 24.3. The van der Waals surface area contributed by atoms with Gasteiger partial charge < -0.3 is 16.6 Å². The van der Waals surface area contributed by atoms with Crippen molar-refractivity contribution < 1.29 is 50.9 Å². The first kappa shape index (κ1) is 27.1. The zero-order valence-electron chi connectivity index (χ0n) is 17.5. The smallest absolute Gasteiger partial charge is 1.00 e. The first-order valence-electron chi connectivity index (χ1n) is 9.44. The number of hydrogen-bond acceptors (Lipinski definition) is 4. The molecule has 0 aliphatic rings. The Balaban J connectivity index is -0.00000264. The molecule has 0 aliphatic carbocycles. The second-order valence-corrected chi connectivity index (χ2v) is 6.33. The molecule has 0 saturated heterocycles. The molecule has 0 saturated carbocycles. The van der Waals surface area contributed by atoms with E-state index in [0.29, 0.717) is 19.5 Å². The molecule has 2 N–H and O–H groups in total. The van der Waals surface area contributed by atoms with Crippen LogP contribution in [0.5, 0.6) is 0 Å². The molecule has 7 heteroatoms. The molecule has 0 bridgehead atoms. The van der Waals surface area contributed by atoms with E-state index in [4.69, 9.17) is 5.11 Å². The fourth-order valence-electron chi connectivity index (χ4n) is 2.68. The first-order chi connectivity index (χ1) is 11.5. The molecule has 0 spiro atoms. The third kappa shape index (κ3) is 17.0. The van der Waals surface area contributed by atoms with Crippen molar-refractivity contribution in [2.24, 2.45) is 0 Å². The molecule has 0 heterocycles. The first-order valence-corrected chi connectivity index (χ1v) is 9.44. The Morgan fingerprint density at radius 3 is 1.88 bits per heavy atom. The maximum absolute atomic E-state index is 12.1. The van der Waals surface area contributed by atoms with Crippen molar-refractivity contribution in [3.05, 3.63) is 0 Å². The number of rotatable bonds is 16. The minimum absolute atomic E-state index is 0. The van der Waals surface area contributed by atoms with Gasteiger partial charge in [-0.25, -0.2) is 0 Å². The summed E-state index contributed by atoms with van der Waals surface area (Å²) >= 11 is 0. The number of carboxylic acids is 1. The van der Waals surface area contributed by atoms with Crippen molar-refractivity contribution in [3.63, 3.8) is 0 Å². The molecule has 0 aromatic heterocycles. The van der Waals surface area contributed by atoms with E-state index in [1.807, 2.05) is 6.92 Å². The number of aliphatic carboxylic acids is 1. The van der Waals surface area contributed by atoms with Crippen LogP contribution in [-0.4, -0.2) is 58.3 Å². The van der Waals surface area contributed by atoms with Crippen LogP contribution < -0.4 is 29.6 Å². The molecular weight excluding hydrogens is 331 g/mol. The monoisotopic (exact) mass is 368 g/mol. The van der Waals surface area contributed by atoms with Gasteiger partial charge >= 0.3 is 35.5 Å². The van der Waals surface area contributed by atoms with Gasteiger partial charge in [-0.05, 0) is 13.3 Å². The molecular formula is C18H37N2NaO4. The fraction of sp³-hybridized carbons (Fsp3) is 0.889. The van der Waals surface area contributed by atoms with Crippen LogP contribution in [0.15, 0.2) is 0 Å². The summed E-state index contributed by atoms with van der Waals surface area (Å²) in [6.07, 6.45) is 11.5. The van der Waals surface area contributed by atoms with Gasteiger partial charge in [-0.15, -0.1) is 0 Å². The summed E-state index contributed by atoms with van der Waals surface area (Å²) in [6.45, 7) is 4.79. The maximum Gasteiger partial charge on any atom is 1.00 e. The Bertz CT molecular complexity index is 349. The number of carboxylic acid groups (broad SMARTS) is 1. The van der Waals surface area contributed by atoms with E-state index in [0.717, 1.165) is 17.9 Å². The largest absolute Gasteiger partial charge is 1.00 e. The average Bonchev–Trinajstić information content (AvgIpc) is 2.53. The van der Waals surface area contributed by atoms with Crippen LogP contribution >= 0.6 is 0 Å². The van der Waals surface area contributed by atoms with Gasteiger partial charge in [0.2, 0.25) is 5.91 Å². The Morgan fingerprint density at radius 2 is 1.40 bits per heavy atom. The Morgan fingerprint density at radius 1 is 0.880 bits per heavy atom. The number of hydrogen-bond donors (Lipinski definition) is 2. The number of nitrogens with zero attached hydrogens (tertiary/aromatic N) is 2. The van der Waals surface area contributed by atoms with Gasteiger partial charge in [0.25, 0.3) is 0 Å². The minimum Gasteiger partial charge on any atom is -1.00 e. The topological polar surface area (TPSA) is 81.1 Å². The predicted molar refractivity (Wildman–Crippen MR) is 96.2 cm³/mol. The predicted octanol–water partition coefficient (Wildman–Crippen LogP) is 0.648. The van der Waals surface area contributed by atoms with Gasteiger partial charge in [0.05, 0.1) is 0 Å². The van der Waals surface area contributed by atoms with Crippen LogP contribution in [0.4, 0.5) is 0 Å². The van der Waals surface area contributed by atoms with E-state index in [1.165, 1.54) is 44.9 Å². The van der Waals surface area contributed by atoms with Crippen LogP contribution in [0.3, 0.4) is 0 Å². The number of likely N-dealkylation sites (N-methyl/N-ethyl adjacent to an activating group) is 1. The molecule has 144 valence electrons. The Labute approximate surface area is 176 Å². The summed E-state index contributed by atoms with van der Waals surface area (Å²) in [7, 11) is 0. The van der Waals surface area contributed by atoms with Crippen LogP contribution in [0.2, 0.25) is 0 Å². The van der Waals surface area contributed by atoms with Gasteiger partial charge in [-0.2, -0.15) is 5.06 Å². The third-order valence-electron chi connectivity index (χ3n) is 4.17. The van der Waals surface area contributed by atoms with Gasteiger partial charge in [0.1, 0.15) is 6.54 Å². The molecule has 0 radical (unpaired) electrons. The van der Waals surface area contributed by atoms with Crippen molar-refractivity contribution in [1.29, 1.82) is 0 Å². The van der Waals surface area contributed by atoms with Crippen LogP contribution in [0.1, 0.15) is 79.5 Å². The van der Waals surface area contributed by atoms with Crippen LogP contribution in [-0.2, 0) is 9.59 Å². The van der Waals surface area contributed by atoms with Gasteiger partial charge in [-0.3, -0.25) is 9.59 Å². The fourth-order valence-corrected chi connectivity index (χ4v) is 2.68. The minimum atomic E-state index is -1.08. The van der Waals surface area contributed by atoms with Gasteiger partial charge in [0, 0.05) is 26.1 Å². The summed E-state index contributed by atoms with van der Waals surface area (Å²) in [6, 6.07) is 0. The van der Waals surface area contributed by atoms with E-state index in [9.17, 15) is 14.8 Å². The van der Waals surface area contributed by atoms with Gasteiger partial charge in [0.15, 0.2) is 0 Å². The second-order valence-electron chi connectivity index (χ2n) is 6.33. The average molecular weight is 368 g/mol. The molecule has 0 unspecified atom stereocenters. The normalized spacial score (nSPS) is 10.6. The third-order valence-corrected chi connectivity index (χ3v) is 4.17. The van der Waals surface area contributed by atoms with Crippen molar-refractivity contribution >= 4 is 11.9 Å². The number of carbonyl (C=O) groups is 2. The Kier molecular flexibility index (Phi) is 20.2. The molecule has 0 atom stereocenters. The number of unbranched alkanes of at least 4 members (excludes halogenated alkanes) is 8. The molecule has 1 amide bonds.